The van der Waals surface area contributed by atoms with Gasteiger partial charge in [0, 0.05) is 6.54 Å². The highest BCUT2D eigenvalue weighted by atomic mass is 32.2. The minimum atomic E-state index is -3.94. The lowest BCUT2D eigenvalue weighted by Gasteiger charge is -2.03. The van der Waals surface area contributed by atoms with Crippen LogP contribution in [0.3, 0.4) is 0 Å². The molecule has 0 radical (unpaired) electrons. The summed E-state index contributed by atoms with van der Waals surface area (Å²) in [6, 6.07) is 4.98. The summed E-state index contributed by atoms with van der Waals surface area (Å²) in [6.07, 6.45) is 1.42. The van der Waals surface area contributed by atoms with E-state index in [2.05, 4.69) is 10.3 Å². The van der Waals surface area contributed by atoms with Crippen molar-refractivity contribution in [2.45, 2.75) is 0 Å². The fourth-order valence-corrected chi connectivity index (χ4v) is 1.25. The number of hydrogen-bond donors (Lipinski definition) is 2. The number of nitriles is 1. The number of rotatable bonds is 4. The highest BCUT2D eigenvalue weighted by molar-refractivity contribution is 7.85. The summed E-state index contributed by atoms with van der Waals surface area (Å²) in [5.74, 6) is -0.368. The monoisotopic (exact) mass is 227 g/mol. The van der Waals surface area contributed by atoms with Crippen molar-refractivity contribution in [1.29, 1.82) is 5.26 Å². The molecular weight excluding hydrogens is 218 g/mol. The van der Waals surface area contributed by atoms with Crippen molar-refractivity contribution >= 4 is 15.8 Å². The molecule has 0 aliphatic heterocycles. The number of nitrogens with one attached hydrogen (secondary N) is 1. The van der Waals surface area contributed by atoms with Gasteiger partial charge in [-0.1, -0.05) is 0 Å². The fraction of sp³-hybridized carbons (Fsp3) is 0.250. The summed E-state index contributed by atoms with van der Waals surface area (Å²) in [5, 5.41) is 11.2. The third-order valence-corrected chi connectivity index (χ3v) is 2.29. The van der Waals surface area contributed by atoms with Gasteiger partial charge in [-0.3, -0.25) is 4.55 Å². The van der Waals surface area contributed by atoms with Crippen molar-refractivity contribution in [3.05, 3.63) is 24.0 Å². The average Bonchev–Trinajstić information content (AvgIpc) is 2.17. The fourth-order valence-electron chi connectivity index (χ4n) is 0.889. The number of pyridine rings is 1. The highest BCUT2D eigenvalue weighted by Crippen LogP contribution is 2.04. The molecule has 0 spiro atoms. The van der Waals surface area contributed by atoms with Crippen LogP contribution in [0.25, 0.3) is 0 Å². The Balaban J connectivity index is 2.49. The molecular formula is C8H9N3O3S. The first-order chi connectivity index (χ1) is 7.01. The minimum absolute atomic E-state index is 0.0897. The average molecular weight is 227 g/mol. The van der Waals surface area contributed by atoms with Crippen LogP contribution in [0.1, 0.15) is 5.69 Å². The number of aromatic nitrogens is 1. The van der Waals surface area contributed by atoms with Gasteiger partial charge >= 0.3 is 0 Å². The van der Waals surface area contributed by atoms with Crippen LogP contribution in [0.2, 0.25) is 0 Å². The third-order valence-electron chi connectivity index (χ3n) is 1.57. The molecule has 0 aliphatic rings. The van der Waals surface area contributed by atoms with Gasteiger partial charge in [0.1, 0.15) is 11.8 Å². The van der Waals surface area contributed by atoms with Gasteiger partial charge in [0.25, 0.3) is 10.1 Å². The Labute approximate surface area is 87.3 Å². The van der Waals surface area contributed by atoms with E-state index in [0.29, 0.717) is 5.69 Å². The lowest BCUT2D eigenvalue weighted by molar-refractivity contribution is 0.484. The Morgan fingerprint density at radius 1 is 1.53 bits per heavy atom. The van der Waals surface area contributed by atoms with Gasteiger partial charge in [-0.15, -0.1) is 0 Å². The van der Waals surface area contributed by atoms with Gasteiger partial charge in [0.2, 0.25) is 0 Å². The van der Waals surface area contributed by atoms with E-state index in [4.69, 9.17) is 9.81 Å². The molecule has 15 heavy (non-hydrogen) atoms. The molecule has 0 aliphatic carbocycles. The normalized spacial score (nSPS) is 10.7. The van der Waals surface area contributed by atoms with Gasteiger partial charge in [0.15, 0.2) is 0 Å². The molecule has 1 aromatic heterocycles. The van der Waals surface area contributed by atoms with E-state index in [-0.39, 0.29) is 18.0 Å². The second kappa shape index (κ2) is 4.72. The molecule has 0 aromatic carbocycles. The molecule has 1 aromatic rings. The van der Waals surface area contributed by atoms with E-state index < -0.39 is 10.1 Å². The zero-order valence-electron chi connectivity index (χ0n) is 7.71. The van der Waals surface area contributed by atoms with E-state index >= 15 is 0 Å². The first-order valence-corrected chi connectivity index (χ1v) is 5.67. The first-order valence-electron chi connectivity index (χ1n) is 4.06. The molecule has 0 amide bonds. The molecule has 0 saturated carbocycles. The van der Waals surface area contributed by atoms with Crippen LogP contribution in [0.5, 0.6) is 0 Å². The molecule has 0 saturated heterocycles. The Hall–Kier alpha value is -1.65. The number of hydrogen-bond acceptors (Lipinski definition) is 5. The maximum atomic E-state index is 10.4. The molecule has 0 unspecified atom stereocenters. The summed E-state index contributed by atoms with van der Waals surface area (Å²) in [7, 11) is -3.94. The molecule has 1 rings (SSSR count). The number of nitrogens with zero attached hydrogens (tertiary/aromatic N) is 2. The second-order valence-corrected chi connectivity index (χ2v) is 4.33. The van der Waals surface area contributed by atoms with E-state index in [0.717, 1.165) is 0 Å². The predicted molar refractivity (Wildman–Crippen MR) is 53.9 cm³/mol. The second-order valence-electron chi connectivity index (χ2n) is 2.76. The quantitative estimate of drug-likeness (QED) is 0.715. The molecule has 6 nitrogen and oxygen atoms in total. The summed E-state index contributed by atoms with van der Waals surface area (Å²) < 4.78 is 29.2. The summed E-state index contributed by atoms with van der Waals surface area (Å²) in [6.45, 7) is 0.0897. The van der Waals surface area contributed by atoms with Crippen LogP contribution in [-0.2, 0) is 10.1 Å². The van der Waals surface area contributed by atoms with Crippen molar-refractivity contribution in [1.82, 2.24) is 4.98 Å². The van der Waals surface area contributed by atoms with Gasteiger partial charge in [-0.25, -0.2) is 4.98 Å². The summed E-state index contributed by atoms with van der Waals surface area (Å²) in [5.41, 5.74) is 0.882. The van der Waals surface area contributed by atoms with Crippen LogP contribution in [0, 0.1) is 11.3 Å². The molecule has 0 atom stereocenters. The molecule has 7 heteroatoms. The van der Waals surface area contributed by atoms with Gasteiger partial charge < -0.3 is 5.32 Å². The Morgan fingerprint density at radius 2 is 2.27 bits per heavy atom. The Kier molecular flexibility index (Phi) is 3.60. The molecule has 0 fully saturated rings. The Bertz CT molecular complexity index is 461. The van der Waals surface area contributed by atoms with Crippen molar-refractivity contribution in [2.75, 3.05) is 17.6 Å². The van der Waals surface area contributed by atoms with Gasteiger partial charge in [-0.2, -0.15) is 13.7 Å². The third kappa shape index (κ3) is 4.39. The standard InChI is InChI=1S/C8H9N3O3S/c9-5-7-1-2-8(6-11-7)10-3-4-15(12,13)14/h1-2,6,10H,3-4H2,(H,12,13,14). The van der Waals surface area contributed by atoms with Gasteiger partial charge in [-0.05, 0) is 12.1 Å². The minimum Gasteiger partial charge on any atom is -0.383 e. The molecule has 0 bridgehead atoms. The van der Waals surface area contributed by atoms with Crippen molar-refractivity contribution in [3.63, 3.8) is 0 Å². The Morgan fingerprint density at radius 3 is 2.73 bits per heavy atom. The maximum absolute atomic E-state index is 10.4. The van der Waals surface area contributed by atoms with Crippen LogP contribution in [0.4, 0.5) is 5.69 Å². The maximum Gasteiger partial charge on any atom is 0.266 e. The molecule has 2 N–H and O–H groups in total. The first kappa shape index (κ1) is 11.4. The number of anilines is 1. The van der Waals surface area contributed by atoms with E-state index in [1.54, 1.807) is 6.07 Å². The molecule has 1 heterocycles. The zero-order valence-corrected chi connectivity index (χ0v) is 8.53. The van der Waals surface area contributed by atoms with Crippen LogP contribution in [0.15, 0.2) is 18.3 Å². The van der Waals surface area contributed by atoms with Crippen molar-refractivity contribution < 1.29 is 13.0 Å². The lowest BCUT2D eigenvalue weighted by Crippen LogP contribution is -2.14. The van der Waals surface area contributed by atoms with Crippen LogP contribution < -0.4 is 5.32 Å². The predicted octanol–water partition coefficient (Wildman–Crippen LogP) is 0.253. The van der Waals surface area contributed by atoms with E-state index in [9.17, 15) is 8.42 Å². The van der Waals surface area contributed by atoms with Crippen LogP contribution >= 0.6 is 0 Å². The zero-order chi connectivity index (χ0) is 11.3. The SMILES string of the molecule is N#Cc1ccc(NCCS(=O)(=O)O)cn1. The smallest absolute Gasteiger partial charge is 0.266 e. The molecule has 80 valence electrons. The van der Waals surface area contributed by atoms with Gasteiger partial charge in [0.05, 0.1) is 17.6 Å². The van der Waals surface area contributed by atoms with Crippen molar-refractivity contribution in [2.24, 2.45) is 0 Å². The largest absolute Gasteiger partial charge is 0.383 e. The topological polar surface area (TPSA) is 103 Å². The van der Waals surface area contributed by atoms with E-state index in [1.165, 1.54) is 12.3 Å². The van der Waals surface area contributed by atoms with Crippen LogP contribution in [-0.4, -0.2) is 30.3 Å². The summed E-state index contributed by atoms with van der Waals surface area (Å²) in [4.78, 5) is 3.78. The summed E-state index contributed by atoms with van der Waals surface area (Å²) >= 11 is 0. The van der Waals surface area contributed by atoms with E-state index in [1.807, 2.05) is 6.07 Å². The van der Waals surface area contributed by atoms with Crippen molar-refractivity contribution in [3.8, 4) is 6.07 Å². The lowest BCUT2D eigenvalue weighted by atomic mass is 10.3. The highest BCUT2D eigenvalue weighted by Gasteiger charge is 2.03.